The van der Waals surface area contributed by atoms with Crippen molar-refractivity contribution in [3.05, 3.63) is 0 Å². The van der Waals surface area contributed by atoms with Crippen LogP contribution in [0.5, 0.6) is 0 Å². The summed E-state index contributed by atoms with van der Waals surface area (Å²) in [7, 11) is 0. The van der Waals surface area contributed by atoms with Crippen molar-refractivity contribution in [1.82, 2.24) is 0 Å². The van der Waals surface area contributed by atoms with Crippen LogP contribution in [0.15, 0.2) is 0 Å². The maximum atomic E-state index is 10.2. The molecule has 17 heavy (non-hydrogen) atoms. The summed E-state index contributed by atoms with van der Waals surface area (Å²) in [6.07, 6.45) is 1.14. The fourth-order valence-electron chi connectivity index (χ4n) is 0.708. The van der Waals surface area contributed by atoms with Crippen LogP contribution < -0.4 is 11.5 Å². The first-order valence-electron chi connectivity index (χ1n) is 5.19. The van der Waals surface area contributed by atoms with Crippen LogP contribution in [0.4, 0.5) is 0 Å². The molecule has 0 aromatic carbocycles. The molecule has 0 aromatic rings. The van der Waals surface area contributed by atoms with Gasteiger partial charge in [-0.15, -0.1) is 0 Å². The van der Waals surface area contributed by atoms with Gasteiger partial charge in [-0.05, 0) is 19.4 Å². The molecule has 0 fully saturated rings. The number of ketones is 1. The number of carbonyl (C=O) groups excluding carboxylic acids is 1. The highest BCUT2D eigenvalue weighted by molar-refractivity contribution is 6.33. The monoisotopic (exact) mass is 248 g/mol. The molecule has 6 N–H and O–H groups in total. The van der Waals surface area contributed by atoms with Crippen LogP contribution in [0, 0.1) is 5.92 Å². The predicted molar refractivity (Wildman–Crippen MR) is 61.4 cm³/mol. The minimum absolute atomic E-state index is 0.396. The molecule has 100 valence electrons. The lowest BCUT2D eigenvalue weighted by Gasteiger charge is -2.02. The van der Waals surface area contributed by atoms with Gasteiger partial charge < -0.3 is 21.7 Å². The molecule has 0 radical (unpaired) electrons. The summed E-state index contributed by atoms with van der Waals surface area (Å²) in [6.45, 7) is 3.61. The summed E-state index contributed by atoms with van der Waals surface area (Å²) >= 11 is 0. The minimum Gasteiger partial charge on any atom is -0.480 e. The SMILES string of the molecule is CC(C)C(=O)C(=O)O.NCCC[C@H](N)C(=O)O. The predicted octanol–water partition coefficient (Wildman–Crippen LogP) is -0.567. The van der Waals surface area contributed by atoms with E-state index in [1.807, 2.05) is 0 Å². The van der Waals surface area contributed by atoms with E-state index in [4.69, 9.17) is 21.7 Å². The highest BCUT2D eigenvalue weighted by Gasteiger charge is 2.14. The number of Topliss-reactive ketones (excluding diaryl/α,β-unsaturated/α-hetero) is 1. The van der Waals surface area contributed by atoms with Gasteiger partial charge in [-0.2, -0.15) is 0 Å². The van der Waals surface area contributed by atoms with Crippen molar-refractivity contribution in [2.75, 3.05) is 6.54 Å². The first-order valence-corrected chi connectivity index (χ1v) is 5.19. The van der Waals surface area contributed by atoms with Crippen LogP contribution in [0.3, 0.4) is 0 Å². The summed E-state index contributed by atoms with van der Waals surface area (Å²) in [6, 6.07) is -0.742. The maximum Gasteiger partial charge on any atom is 0.372 e. The molecule has 0 rings (SSSR count). The summed E-state index contributed by atoms with van der Waals surface area (Å²) in [5, 5.41) is 16.2. The van der Waals surface area contributed by atoms with Gasteiger partial charge in [0, 0.05) is 5.92 Å². The summed E-state index contributed by atoms with van der Waals surface area (Å²) in [5.74, 6) is -3.43. The van der Waals surface area contributed by atoms with Gasteiger partial charge >= 0.3 is 11.9 Å². The van der Waals surface area contributed by atoms with E-state index in [0.717, 1.165) is 0 Å². The molecular weight excluding hydrogens is 228 g/mol. The summed E-state index contributed by atoms with van der Waals surface area (Å²) in [4.78, 5) is 30.1. The fraction of sp³-hybridized carbons (Fsp3) is 0.700. The van der Waals surface area contributed by atoms with Crippen molar-refractivity contribution in [3.63, 3.8) is 0 Å². The Balaban J connectivity index is 0. The molecule has 1 atom stereocenters. The van der Waals surface area contributed by atoms with Gasteiger partial charge in [0.2, 0.25) is 5.78 Å². The van der Waals surface area contributed by atoms with E-state index in [-0.39, 0.29) is 0 Å². The van der Waals surface area contributed by atoms with E-state index in [1.165, 1.54) is 0 Å². The molecule has 0 aliphatic heterocycles. The van der Waals surface area contributed by atoms with Crippen molar-refractivity contribution < 1.29 is 24.6 Å². The molecule has 0 aliphatic carbocycles. The lowest BCUT2D eigenvalue weighted by molar-refractivity contribution is -0.150. The number of nitrogens with two attached hydrogens (primary N) is 2. The lowest BCUT2D eigenvalue weighted by Crippen LogP contribution is -2.30. The number of aliphatic carboxylic acids is 2. The highest BCUT2D eigenvalue weighted by atomic mass is 16.4. The Morgan fingerprint density at radius 2 is 1.65 bits per heavy atom. The largest absolute Gasteiger partial charge is 0.480 e. The number of carboxylic acid groups (broad SMARTS) is 2. The Morgan fingerprint density at radius 3 is 1.82 bits per heavy atom. The second kappa shape index (κ2) is 9.73. The van der Waals surface area contributed by atoms with Crippen LogP contribution >= 0.6 is 0 Å². The topological polar surface area (TPSA) is 144 Å². The molecule has 0 saturated carbocycles. The number of hydrogen-bond donors (Lipinski definition) is 4. The van der Waals surface area contributed by atoms with E-state index in [2.05, 4.69) is 0 Å². The quantitative estimate of drug-likeness (QED) is 0.461. The molecule has 0 aromatic heterocycles. The average Bonchev–Trinajstić information content (AvgIpc) is 2.25. The first kappa shape index (κ1) is 17.9. The zero-order valence-electron chi connectivity index (χ0n) is 10.0. The third-order valence-corrected chi connectivity index (χ3v) is 1.77. The molecule has 0 amide bonds. The minimum atomic E-state index is -1.35. The molecule has 0 saturated heterocycles. The molecule has 7 nitrogen and oxygen atoms in total. The zero-order valence-corrected chi connectivity index (χ0v) is 10.0. The van der Waals surface area contributed by atoms with Crippen LogP contribution in [0.1, 0.15) is 26.7 Å². The molecule has 0 unspecified atom stereocenters. The van der Waals surface area contributed by atoms with Gasteiger partial charge in [0.25, 0.3) is 0 Å². The van der Waals surface area contributed by atoms with Crippen molar-refractivity contribution in [3.8, 4) is 0 Å². The Morgan fingerprint density at radius 1 is 1.18 bits per heavy atom. The van der Waals surface area contributed by atoms with Gasteiger partial charge in [-0.1, -0.05) is 13.8 Å². The fourth-order valence-corrected chi connectivity index (χ4v) is 0.708. The van der Waals surface area contributed by atoms with E-state index < -0.39 is 29.7 Å². The lowest BCUT2D eigenvalue weighted by atomic mass is 10.1. The van der Waals surface area contributed by atoms with Gasteiger partial charge in [0.1, 0.15) is 6.04 Å². The third-order valence-electron chi connectivity index (χ3n) is 1.77. The van der Waals surface area contributed by atoms with E-state index >= 15 is 0 Å². The van der Waals surface area contributed by atoms with Crippen molar-refractivity contribution in [2.45, 2.75) is 32.7 Å². The molecule has 0 heterocycles. The maximum absolute atomic E-state index is 10.2. The second-order valence-electron chi connectivity index (χ2n) is 3.70. The number of carbonyl (C=O) groups is 3. The number of rotatable bonds is 6. The summed E-state index contributed by atoms with van der Waals surface area (Å²) in [5.41, 5.74) is 10.3. The average molecular weight is 248 g/mol. The van der Waals surface area contributed by atoms with Crippen molar-refractivity contribution in [1.29, 1.82) is 0 Å². The number of carboxylic acids is 2. The standard InChI is InChI=1S/C5H12N2O2.C5H8O3/c6-3-1-2-4(7)5(8)9;1-3(2)4(6)5(7)8/h4H,1-3,6-7H2,(H,8,9);3H,1-2H3,(H,7,8)/t4-;/m0./s1. The van der Waals surface area contributed by atoms with Crippen molar-refractivity contribution >= 4 is 17.7 Å². The van der Waals surface area contributed by atoms with Crippen LogP contribution in [0.25, 0.3) is 0 Å². The molecule has 7 heteroatoms. The Labute approximate surface area is 99.8 Å². The third kappa shape index (κ3) is 10.8. The van der Waals surface area contributed by atoms with Gasteiger partial charge in [-0.3, -0.25) is 9.59 Å². The number of hydrogen-bond acceptors (Lipinski definition) is 5. The molecular formula is C10H20N2O5. The molecule has 0 aliphatic rings. The van der Waals surface area contributed by atoms with E-state index in [9.17, 15) is 14.4 Å². The zero-order chi connectivity index (χ0) is 14.0. The van der Waals surface area contributed by atoms with E-state index in [0.29, 0.717) is 19.4 Å². The van der Waals surface area contributed by atoms with Gasteiger partial charge in [0.15, 0.2) is 0 Å². The van der Waals surface area contributed by atoms with Gasteiger partial charge in [-0.25, -0.2) is 4.79 Å². The molecule has 0 bridgehead atoms. The van der Waals surface area contributed by atoms with Crippen molar-refractivity contribution in [2.24, 2.45) is 17.4 Å². The Hall–Kier alpha value is -1.47. The Kier molecular flexibility index (Phi) is 10.3. The van der Waals surface area contributed by atoms with Gasteiger partial charge in [0.05, 0.1) is 0 Å². The van der Waals surface area contributed by atoms with Crippen LogP contribution in [0.2, 0.25) is 0 Å². The Bertz CT molecular complexity index is 265. The molecule has 0 spiro atoms. The highest BCUT2D eigenvalue weighted by Crippen LogP contribution is 1.92. The summed E-state index contributed by atoms with van der Waals surface area (Å²) < 4.78 is 0. The smallest absolute Gasteiger partial charge is 0.372 e. The van der Waals surface area contributed by atoms with Crippen LogP contribution in [-0.2, 0) is 14.4 Å². The second-order valence-corrected chi connectivity index (χ2v) is 3.70. The first-order chi connectivity index (χ1) is 7.73. The van der Waals surface area contributed by atoms with E-state index in [1.54, 1.807) is 13.8 Å². The van der Waals surface area contributed by atoms with Crippen LogP contribution in [-0.4, -0.2) is 40.5 Å². The normalized spacial score (nSPS) is 11.4.